The van der Waals surface area contributed by atoms with Crippen LogP contribution in [0, 0.1) is 0 Å². The second-order valence-electron chi connectivity index (χ2n) is 5.47. The summed E-state index contributed by atoms with van der Waals surface area (Å²) in [6.07, 6.45) is 0.424. The minimum atomic E-state index is -3.90. The molecule has 0 saturated carbocycles. The number of hydrogen-bond donors (Lipinski definition) is 1. The summed E-state index contributed by atoms with van der Waals surface area (Å²) in [7, 11) is 0.383. The van der Waals surface area contributed by atoms with Gasteiger partial charge in [-0.2, -0.15) is 0 Å². The van der Waals surface area contributed by atoms with Crippen molar-refractivity contribution in [2.45, 2.75) is 11.3 Å². The highest BCUT2D eigenvalue weighted by molar-refractivity contribution is 7.89. The summed E-state index contributed by atoms with van der Waals surface area (Å²) < 4.78 is 42.6. The number of methoxy groups -OCH3 is 3. The molecule has 0 aliphatic heterocycles. The maximum absolute atomic E-state index is 12.5. The average Bonchev–Trinajstić information content (AvgIpc) is 2.67. The van der Waals surface area contributed by atoms with Crippen LogP contribution in [0.3, 0.4) is 0 Å². The summed E-state index contributed by atoms with van der Waals surface area (Å²) in [6.45, 7) is 0.136. The number of carbonyl (C=O) groups is 1. The van der Waals surface area contributed by atoms with Crippen LogP contribution in [0.4, 0.5) is 0 Å². The van der Waals surface area contributed by atoms with E-state index in [1.807, 2.05) is 6.07 Å². The Bertz CT molecular complexity index is 929. The van der Waals surface area contributed by atoms with Gasteiger partial charge in [0.15, 0.2) is 11.5 Å². The Balaban J connectivity index is 2.12. The van der Waals surface area contributed by atoms with Gasteiger partial charge >= 0.3 is 5.97 Å². The van der Waals surface area contributed by atoms with Gasteiger partial charge in [0, 0.05) is 6.54 Å². The highest BCUT2D eigenvalue weighted by Gasteiger charge is 2.20. The average molecular weight is 414 g/mol. The lowest BCUT2D eigenvalue weighted by Gasteiger charge is -2.11. The van der Waals surface area contributed by atoms with E-state index in [0.717, 1.165) is 5.56 Å². The Kier molecular flexibility index (Phi) is 7.06. The smallest absolute Gasteiger partial charge is 0.337 e. The first-order chi connectivity index (χ1) is 12.8. The van der Waals surface area contributed by atoms with Crippen LogP contribution in [0.15, 0.2) is 41.3 Å². The van der Waals surface area contributed by atoms with Gasteiger partial charge < -0.3 is 14.2 Å². The second-order valence-corrected chi connectivity index (χ2v) is 7.62. The molecule has 0 aliphatic carbocycles. The van der Waals surface area contributed by atoms with Gasteiger partial charge in [0.1, 0.15) is 4.90 Å². The van der Waals surface area contributed by atoms with Crippen LogP contribution in [0.25, 0.3) is 0 Å². The molecule has 1 N–H and O–H groups in total. The summed E-state index contributed by atoms with van der Waals surface area (Å²) in [6, 6.07) is 9.28. The topological polar surface area (TPSA) is 90.9 Å². The predicted octanol–water partition coefficient (Wildman–Crippen LogP) is 2.66. The zero-order chi connectivity index (χ0) is 20.0. The Hall–Kier alpha value is -2.29. The van der Waals surface area contributed by atoms with Crippen molar-refractivity contribution in [3.63, 3.8) is 0 Å². The molecule has 9 heteroatoms. The monoisotopic (exact) mass is 413 g/mol. The molecule has 0 unspecified atom stereocenters. The highest BCUT2D eigenvalue weighted by atomic mass is 35.5. The van der Waals surface area contributed by atoms with E-state index in [-0.39, 0.29) is 22.0 Å². The third-order valence-electron chi connectivity index (χ3n) is 3.80. The first kappa shape index (κ1) is 21.0. The van der Waals surface area contributed by atoms with Gasteiger partial charge in [-0.25, -0.2) is 17.9 Å². The van der Waals surface area contributed by atoms with Gasteiger partial charge in [-0.15, -0.1) is 0 Å². The number of benzene rings is 2. The molecule has 0 bridgehead atoms. The van der Waals surface area contributed by atoms with E-state index in [0.29, 0.717) is 17.9 Å². The summed E-state index contributed by atoms with van der Waals surface area (Å²) >= 11 is 6.00. The van der Waals surface area contributed by atoms with Crippen LogP contribution in [0.5, 0.6) is 11.5 Å². The normalized spacial score (nSPS) is 11.1. The van der Waals surface area contributed by atoms with E-state index in [1.54, 1.807) is 12.1 Å². The molecule has 0 fully saturated rings. The third kappa shape index (κ3) is 5.12. The van der Waals surface area contributed by atoms with Crippen LogP contribution in [0.2, 0.25) is 5.02 Å². The Morgan fingerprint density at radius 2 is 1.74 bits per heavy atom. The zero-order valence-electron chi connectivity index (χ0n) is 15.1. The van der Waals surface area contributed by atoms with Crippen LogP contribution in [-0.4, -0.2) is 42.3 Å². The van der Waals surface area contributed by atoms with E-state index in [1.165, 1.54) is 39.5 Å². The zero-order valence-corrected chi connectivity index (χ0v) is 16.7. The minimum absolute atomic E-state index is 0.0151. The first-order valence-electron chi connectivity index (χ1n) is 7.90. The van der Waals surface area contributed by atoms with Crippen molar-refractivity contribution in [3.8, 4) is 11.5 Å². The number of carbonyl (C=O) groups excluding carboxylic acids is 1. The number of rotatable bonds is 8. The third-order valence-corrected chi connectivity index (χ3v) is 5.74. The molecule has 0 aliphatic rings. The first-order valence-corrected chi connectivity index (χ1v) is 9.77. The van der Waals surface area contributed by atoms with Crippen LogP contribution < -0.4 is 14.2 Å². The Morgan fingerprint density at radius 1 is 1.04 bits per heavy atom. The fourth-order valence-corrected chi connectivity index (χ4v) is 3.95. The highest BCUT2D eigenvalue weighted by Crippen LogP contribution is 2.28. The van der Waals surface area contributed by atoms with E-state index in [9.17, 15) is 13.2 Å². The van der Waals surface area contributed by atoms with Gasteiger partial charge in [0.05, 0.1) is 31.9 Å². The van der Waals surface area contributed by atoms with Crippen molar-refractivity contribution < 1.29 is 27.4 Å². The van der Waals surface area contributed by atoms with Crippen LogP contribution >= 0.6 is 11.6 Å². The maximum atomic E-state index is 12.5. The van der Waals surface area contributed by atoms with Crippen molar-refractivity contribution in [1.29, 1.82) is 0 Å². The summed E-state index contributed by atoms with van der Waals surface area (Å²) in [5, 5.41) is 0.0151. The molecule has 0 spiro atoms. The molecule has 0 saturated heterocycles. The van der Waals surface area contributed by atoms with Gasteiger partial charge in [-0.3, -0.25) is 0 Å². The number of ether oxygens (including phenoxy) is 3. The summed E-state index contributed by atoms with van der Waals surface area (Å²) in [4.78, 5) is 11.4. The molecule has 27 heavy (non-hydrogen) atoms. The molecule has 0 aromatic heterocycles. The van der Waals surface area contributed by atoms with E-state index in [4.69, 9.17) is 21.1 Å². The lowest BCUT2D eigenvalue weighted by molar-refractivity contribution is 0.0600. The molecule has 0 radical (unpaired) electrons. The molecule has 2 aromatic rings. The molecular weight excluding hydrogens is 394 g/mol. The standard InChI is InChI=1S/C18H20ClNO6S/c1-24-15-7-4-12(10-16(15)25-2)8-9-20-27(22,23)17-11-13(18(21)26-3)5-6-14(17)19/h4-7,10-11,20H,8-9H2,1-3H3. The van der Waals surface area contributed by atoms with Crippen molar-refractivity contribution in [1.82, 2.24) is 4.72 Å². The van der Waals surface area contributed by atoms with E-state index >= 15 is 0 Å². The van der Waals surface area contributed by atoms with Crippen LogP contribution in [-0.2, 0) is 21.2 Å². The summed E-state index contributed by atoms with van der Waals surface area (Å²) in [5.41, 5.74) is 0.965. The number of esters is 1. The van der Waals surface area contributed by atoms with Crippen molar-refractivity contribution in [2.75, 3.05) is 27.9 Å². The number of nitrogens with one attached hydrogen (secondary N) is 1. The molecule has 146 valence electrons. The minimum Gasteiger partial charge on any atom is -0.493 e. The van der Waals surface area contributed by atoms with Crippen LogP contribution in [0.1, 0.15) is 15.9 Å². The van der Waals surface area contributed by atoms with Gasteiger partial charge in [-0.1, -0.05) is 17.7 Å². The Labute approximate surface area is 163 Å². The number of hydrogen-bond acceptors (Lipinski definition) is 6. The fraction of sp³-hybridized carbons (Fsp3) is 0.278. The lowest BCUT2D eigenvalue weighted by atomic mass is 10.1. The molecule has 0 heterocycles. The molecule has 2 aromatic carbocycles. The molecule has 0 amide bonds. The van der Waals surface area contributed by atoms with Crippen molar-refractivity contribution >= 4 is 27.6 Å². The van der Waals surface area contributed by atoms with Crippen molar-refractivity contribution in [3.05, 3.63) is 52.5 Å². The van der Waals surface area contributed by atoms with Gasteiger partial charge in [-0.05, 0) is 42.3 Å². The van der Waals surface area contributed by atoms with E-state index in [2.05, 4.69) is 9.46 Å². The Morgan fingerprint density at radius 3 is 2.37 bits per heavy atom. The molecule has 0 atom stereocenters. The fourth-order valence-electron chi connectivity index (χ4n) is 2.40. The SMILES string of the molecule is COC(=O)c1ccc(Cl)c(S(=O)(=O)NCCc2ccc(OC)c(OC)c2)c1. The quantitative estimate of drug-likeness (QED) is 0.669. The number of sulfonamides is 1. The lowest BCUT2D eigenvalue weighted by Crippen LogP contribution is -2.26. The van der Waals surface area contributed by atoms with Gasteiger partial charge in [0.25, 0.3) is 0 Å². The summed E-state index contributed by atoms with van der Waals surface area (Å²) in [5.74, 6) is 0.508. The predicted molar refractivity (Wildman–Crippen MR) is 101 cm³/mol. The largest absolute Gasteiger partial charge is 0.493 e. The van der Waals surface area contributed by atoms with Crippen molar-refractivity contribution in [2.24, 2.45) is 0 Å². The molecule has 2 rings (SSSR count). The second kappa shape index (κ2) is 9.07. The van der Waals surface area contributed by atoms with Gasteiger partial charge in [0.2, 0.25) is 10.0 Å². The molecular formula is C18H20ClNO6S. The number of halogens is 1. The molecule has 7 nitrogen and oxygen atoms in total. The maximum Gasteiger partial charge on any atom is 0.337 e. The van der Waals surface area contributed by atoms with E-state index < -0.39 is 16.0 Å².